The summed E-state index contributed by atoms with van der Waals surface area (Å²) in [5.41, 5.74) is 1.16. The molecule has 1 fully saturated rings. The Kier molecular flexibility index (Phi) is 4.72. The summed E-state index contributed by atoms with van der Waals surface area (Å²) in [6.07, 6.45) is 3.45. The van der Waals surface area contributed by atoms with E-state index in [1.54, 1.807) is 12.1 Å². The van der Waals surface area contributed by atoms with Crippen LogP contribution in [0.15, 0.2) is 18.2 Å². The monoisotopic (exact) mass is 240 g/mol. The molecule has 86 valence electrons. The van der Waals surface area contributed by atoms with E-state index in [1.807, 2.05) is 6.07 Å². The van der Waals surface area contributed by atoms with Crippen molar-refractivity contribution in [2.45, 2.75) is 25.3 Å². The van der Waals surface area contributed by atoms with E-state index in [0.29, 0.717) is 0 Å². The molecule has 0 aromatic heterocycles. The molecule has 1 aromatic carbocycles. The summed E-state index contributed by atoms with van der Waals surface area (Å²) in [6, 6.07) is 6.95. The van der Waals surface area contributed by atoms with Crippen LogP contribution in [0.25, 0.3) is 0 Å². The molecule has 4 heteroatoms. The zero-order valence-electron chi connectivity index (χ0n) is 8.87. The highest BCUT2D eigenvalue weighted by Gasteiger charge is 2.15. The lowest BCUT2D eigenvalue weighted by atomic mass is 9.96. The summed E-state index contributed by atoms with van der Waals surface area (Å²) in [6.45, 7) is 1.00. The van der Waals surface area contributed by atoms with Gasteiger partial charge in [-0.05, 0) is 37.1 Å². The Labute approximate surface area is 101 Å². The number of hydrogen-bond acceptors (Lipinski definition) is 2. The molecular formula is C12H14ClFN2. The van der Waals surface area contributed by atoms with Crippen LogP contribution in [0.5, 0.6) is 0 Å². The molecule has 1 aromatic rings. The minimum absolute atomic E-state index is 0. The second-order valence-electron chi connectivity index (χ2n) is 3.85. The van der Waals surface area contributed by atoms with Gasteiger partial charge in [0.1, 0.15) is 11.9 Å². The Morgan fingerprint density at radius 1 is 1.38 bits per heavy atom. The van der Waals surface area contributed by atoms with Gasteiger partial charge < -0.3 is 5.32 Å². The molecule has 1 heterocycles. The van der Waals surface area contributed by atoms with Gasteiger partial charge in [0.25, 0.3) is 0 Å². The molecule has 0 amide bonds. The van der Waals surface area contributed by atoms with Crippen LogP contribution in [0, 0.1) is 17.1 Å². The van der Waals surface area contributed by atoms with Gasteiger partial charge in [-0.1, -0.05) is 12.5 Å². The number of nitrogens with zero attached hydrogens (tertiary/aromatic N) is 1. The second kappa shape index (κ2) is 5.83. The van der Waals surface area contributed by atoms with E-state index in [0.717, 1.165) is 18.5 Å². The maximum absolute atomic E-state index is 13.1. The number of nitriles is 1. The fourth-order valence-corrected chi connectivity index (χ4v) is 1.98. The zero-order valence-corrected chi connectivity index (χ0v) is 9.69. The summed E-state index contributed by atoms with van der Waals surface area (Å²) in [7, 11) is 0. The predicted octanol–water partition coefficient (Wildman–Crippen LogP) is 2.93. The first-order valence-corrected chi connectivity index (χ1v) is 5.24. The highest BCUT2D eigenvalue weighted by atomic mass is 35.5. The lowest BCUT2D eigenvalue weighted by molar-refractivity contribution is 0.412. The third kappa shape index (κ3) is 2.72. The van der Waals surface area contributed by atoms with Crippen molar-refractivity contribution in [3.05, 3.63) is 35.1 Å². The SMILES string of the molecule is Cl.N#Cc1cc([C@@H]2CCCCN2)ccc1F. The lowest BCUT2D eigenvalue weighted by Crippen LogP contribution is -2.26. The molecule has 1 aliphatic heterocycles. The molecule has 0 spiro atoms. The number of hydrogen-bond donors (Lipinski definition) is 1. The van der Waals surface area contributed by atoms with Crippen LogP contribution in [0.2, 0.25) is 0 Å². The molecule has 0 radical (unpaired) electrons. The molecule has 1 atom stereocenters. The van der Waals surface area contributed by atoms with Crippen LogP contribution >= 0.6 is 12.4 Å². The normalized spacial score (nSPS) is 19.6. The van der Waals surface area contributed by atoms with Gasteiger partial charge in [0.15, 0.2) is 0 Å². The second-order valence-corrected chi connectivity index (χ2v) is 3.85. The number of halogens is 2. The van der Waals surface area contributed by atoms with Crippen molar-refractivity contribution in [3.8, 4) is 6.07 Å². The highest BCUT2D eigenvalue weighted by Crippen LogP contribution is 2.24. The van der Waals surface area contributed by atoms with Gasteiger partial charge in [0, 0.05) is 6.04 Å². The van der Waals surface area contributed by atoms with E-state index < -0.39 is 5.82 Å². The highest BCUT2D eigenvalue weighted by molar-refractivity contribution is 5.85. The van der Waals surface area contributed by atoms with Crippen molar-refractivity contribution in [2.75, 3.05) is 6.54 Å². The molecule has 1 N–H and O–H groups in total. The third-order valence-corrected chi connectivity index (χ3v) is 2.82. The average molecular weight is 241 g/mol. The number of rotatable bonds is 1. The number of benzene rings is 1. The Hall–Kier alpha value is -1.11. The Morgan fingerprint density at radius 2 is 2.19 bits per heavy atom. The van der Waals surface area contributed by atoms with Crippen molar-refractivity contribution in [3.63, 3.8) is 0 Å². The molecule has 0 saturated carbocycles. The van der Waals surface area contributed by atoms with Crippen LogP contribution in [0.3, 0.4) is 0 Å². The van der Waals surface area contributed by atoms with Crippen molar-refractivity contribution in [1.29, 1.82) is 5.26 Å². The summed E-state index contributed by atoms with van der Waals surface area (Å²) in [5.74, 6) is -0.433. The Morgan fingerprint density at radius 3 is 2.81 bits per heavy atom. The Bertz CT molecular complexity index is 394. The van der Waals surface area contributed by atoms with E-state index in [-0.39, 0.29) is 24.0 Å². The van der Waals surface area contributed by atoms with Gasteiger partial charge in [0.2, 0.25) is 0 Å². The van der Waals surface area contributed by atoms with Gasteiger partial charge in [-0.15, -0.1) is 12.4 Å². The van der Waals surface area contributed by atoms with Crippen LogP contribution < -0.4 is 5.32 Å². The van der Waals surface area contributed by atoms with Gasteiger partial charge in [-0.25, -0.2) is 4.39 Å². The summed E-state index contributed by atoms with van der Waals surface area (Å²) in [5, 5.41) is 12.1. The summed E-state index contributed by atoms with van der Waals surface area (Å²) < 4.78 is 13.1. The fraction of sp³-hybridized carbons (Fsp3) is 0.417. The molecule has 2 rings (SSSR count). The minimum Gasteiger partial charge on any atom is -0.310 e. The van der Waals surface area contributed by atoms with E-state index in [2.05, 4.69) is 5.32 Å². The van der Waals surface area contributed by atoms with E-state index in [9.17, 15) is 4.39 Å². The van der Waals surface area contributed by atoms with Crippen molar-refractivity contribution < 1.29 is 4.39 Å². The molecule has 16 heavy (non-hydrogen) atoms. The average Bonchev–Trinajstić information content (AvgIpc) is 2.31. The molecule has 1 aliphatic rings. The van der Waals surface area contributed by atoms with E-state index in [1.165, 1.54) is 18.9 Å². The first-order valence-electron chi connectivity index (χ1n) is 5.24. The van der Waals surface area contributed by atoms with Crippen LogP contribution in [-0.2, 0) is 0 Å². The van der Waals surface area contributed by atoms with Crippen molar-refractivity contribution in [2.24, 2.45) is 0 Å². The predicted molar refractivity (Wildman–Crippen MR) is 63.0 cm³/mol. The smallest absolute Gasteiger partial charge is 0.140 e. The molecular weight excluding hydrogens is 227 g/mol. The maximum atomic E-state index is 13.1. The number of nitrogens with one attached hydrogen (secondary N) is 1. The van der Waals surface area contributed by atoms with Gasteiger partial charge in [0.05, 0.1) is 5.56 Å². The largest absolute Gasteiger partial charge is 0.310 e. The van der Waals surface area contributed by atoms with Crippen molar-refractivity contribution >= 4 is 12.4 Å². The fourth-order valence-electron chi connectivity index (χ4n) is 1.98. The van der Waals surface area contributed by atoms with E-state index >= 15 is 0 Å². The standard InChI is InChI=1S/C12H13FN2.ClH/c13-11-5-4-9(7-10(11)8-14)12-3-1-2-6-15-12;/h4-5,7,12,15H,1-3,6H2;1H/t12-;/m0./s1. The third-order valence-electron chi connectivity index (χ3n) is 2.82. The van der Waals surface area contributed by atoms with Gasteiger partial charge in [-0.2, -0.15) is 5.26 Å². The van der Waals surface area contributed by atoms with Crippen LogP contribution in [0.1, 0.15) is 36.4 Å². The number of piperidine rings is 1. The maximum Gasteiger partial charge on any atom is 0.140 e. The van der Waals surface area contributed by atoms with Crippen molar-refractivity contribution in [1.82, 2.24) is 5.32 Å². The zero-order chi connectivity index (χ0) is 10.7. The lowest BCUT2D eigenvalue weighted by Gasteiger charge is -2.23. The molecule has 0 bridgehead atoms. The van der Waals surface area contributed by atoms with E-state index in [4.69, 9.17) is 5.26 Å². The minimum atomic E-state index is -0.433. The Balaban J connectivity index is 0.00000128. The van der Waals surface area contributed by atoms with Gasteiger partial charge in [-0.3, -0.25) is 0 Å². The topological polar surface area (TPSA) is 35.8 Å². The van der Waals surface area contributed by atoms with Crippen LogP contribution in [0.4, 0.5) is 4.39 Å². The molecule has 2 nitrogen and oxygen atoms in total. The summed E-state index contributed by atoms with van der Waals surface area (Å²) >= 11 is 0. The molecule has 1 saturated heterocycles. The summed E-state index contributed by atoms with van der Waals surface area (Å²) in [4.78, 5) is 0. The molecule has 0 aliphatic carbocycles. The quantitative estimate of drug-likeness (QED) is 0.819. The first kappa shape index (κ1) is 13.0. The van der Waals surface area contributed by atoms with Crippen LogP contribution in [-0.4, -0.2) is 6.54 Å². The molecule has 0 unspecified atom stereocenters. The first-order chi connectivity index (χ1) is 7.31. The van der Waals surface area contributed by atoms with Gasteiger partial charge >= 0.3 is 0 Å².